The second-order valence-corrected chi connectivity index (χ2v) is 4.81. The first-order valence-electron chi connectivity index (χ1n) is 5.36. The highest BCUT2D eigenvalue weighted by atomic mass is 15.4. The molecule has 0 radical (unpaired) electrons. The molecule has 76 valence electrons. The monoisotopic (exact) mass is 192 g/mol. The van der Waals surface area contributed by atoms with Gasteiger partial charge in [0.05, 0.1) is 6.04 Å². The number of aryl methyl sites for hydroxylation is 1. The summed E-state index contributed by atoms with van der Waals surface area (Å²) in [6.07, 6.45) is 3.87. The third-order valence-electron chi connectivity index (χ3n) is 3.58. The Morgan fingerprint density at radius 3 is 3.00 bits per heavy atom. The van der Waals surface area contributed by atoms with Crippen molar-refractivity contribution in [2.75, 3.05) is 11.9 Å². The van der Waals surface area contributed by atoms with Crippen LogP contribution >= 0.6 is 0 Å². The zero-order valence-electron chi connectivity index (χ0n) is 8.75. The van der Waals surface area contributed by atoms with Gasteiger partial charge in [0.15, 0.2) is 0 Å². The van der Waals surface area contributed by atoms with Gasteiger partial charge < -0.3 is 5.32 Å². The van der Waals surface area contributed by atoms with E-state index in [1.165, 1.54) is 19.3 Å². The van der Waals surface area contributed by atoms with E-state index in [0.29, 0.717) is 11.5 Å². The van der Waals surface area contributed by atoms with Gasteiger partial charge in [0.2, 0.25) is 5.95 Å². The van der Waals surface area contributed by atoms with Gasteiger partial charge in [0.25, 0.3) is 0 Å². The van der Waals surface area contributed by atoms with Gasteiger partial charge in [-0.2, -0.15) is 10.1 Å². The van der Waals surface area contributed by atoms with Gasteiger partial charge in [-0.1, -0.05) is 6.92 Å². The maximum absolute atomic E-state index is 4.48. The maximum Gasteiger partial charge on any atom is 0.221 e. The predicted molar refractivity (Wildman–Crippen MR) is 54.2 cm³/mol. The molecule has 1 unspecified atom stereocenters. The Bertz CT molecular complexity index is 364. The molecule has 1 aliphatic carbocycles. The quantitative estimate of drug-likeness (QED) is 0.737. The summed E-state index contributed by atoms with van der Waals surface area (Å²) in [5, 5.41) is 7.78. The Morgan fingerprint density at radius 1 is 1.50 bits per heavy atom. The second-order valence-electron chi connectivity index (χ2n) is 4.81. The van der Waals surface area contributed by atoms with E-state index >= 15 is 0 Å². The summed E-state index contributed by atoms with van der Waals surface area (Å²) in [5.74, 6) is 1.84. The van der Waals surface area contributed by atoms with Crippen molar-refractivity contribution < 1.29 is 0 Å². The molecule has 14 heavy (non-hydrogen) atoms. The van der Waals surface area contributed by atoms with E-state index in [-0.39, 0.29) is 0 Å². The molecule has 1 fully saturated rings. The molecule has 0 aromatic carbocycles. The smallest absolute Gasteiger partial charge is 0.221 e. The fourth-order valence-electron chi connectivity index (χ4n) is 2.39. The van der Waals surface area contributed by atoms with Crippen LogP contribution in [0.1, 0.15) is 38.1 Å². The van der Waals surface area contributed by atoms with Crippen molar-refractivity contribution in [3.63, 3.8) is 0 Å². The van der Waals surface area contributed by atoms with Crippen molar-refractivity contribution in [2.45, 2.75) is 39.2 Å². The molecule has 0 saturated heterocycles. The average molecular weight is 192 g/mol. The Labute approximate surface area is 83.7 Å². The first-order valence-corrected chi connectivity index (χ1v) is 5.36. The molecule has 0 spiro atoms. The zero-order valence-corrected chi connectivity index (χ0v) is 8.75. The van der Waals surface area contributed by atoms with Gasteiger partial charge in [-0.05, 0) is 31.6 Å². The molecule has 4 heteroatoms. The number of rotatable bonds is 1. The van der Waals surface area contributed by atoms with Crippen molar-refractivity contribution in [1.29, 1.82) is 0 Å². The Morgan fingerprint density at radius 2 is 2.29 bits per heavy atom. The molecule has 1 aromatic heterocycles. The molecule has 2 heterocycles. The molecular formula is C10H16N4. The lowest BCUT2D eigenvalue weighted by Gasteiger charge is -2.29. The number of fused-ring (bicyclic) bond motifs is 1. The summed E-state index contributed by atoms with van der Waals surface area (Å²) in [7, 11) is 0. The summed E-state index contributed by atoms with van der Waals surface area (Å²) in [4.78, 5) is 4.38. The Balaban J connectivity index is 2.02. The van der Waals surface area contributed by atoms with Gasteiger partial charge in [-0.15, -0.1) is 0 Å². The minimum absolute atomic E-state index is 0.497. The number of anilines is 1. The molecule has 0 bridgehead atoms. The van der Waals surface area contributed by atoms with Crippen molar-refractivity contribution in [2.24, 2.45) is 5.41 Å². The zero-order chi connectivity index (χ0) is 9.76. The highest BCUT2D eigenvalue weighted by molar-refractivity contribution is 5.29. The molecular weight excluding hydrogens is 176 g/mol. The van der Waals surface area contributed by atoms with Crippen LogP contribution in [0.25, 0.3) is 0 Å². The third-order valence-corrected chi connectivity index (χ3v) is 3.58. The molecule has 2 aliphatic rings. The van der Waals surface area contributed by atoms with E-state index in [4.69, 9.17) is 0 Å². The summed E-state index contributed by atoms with van der Waals surface area (Å²) in [6.45, 7) is 5.36. The first kappa shape index (κ1) is 8.26. The molecule has 4 nitrogen and oxygen atoms in total. The van der Waals surface area contributed by atoms with Crippen LogP contribution in [0.5, 0.6) is 0 Å². The normalized spacial score (nSPS) is 28.0. The van der Waals surface area contributed by atoms with Crippen molar-refractivity contribution >= 4 is 5.95 Å². The molecule has 1 N–H and O–H groups in total. The van der Waals surface area contributed by atoms with Gasteiger partial charge >= 0.3 is 0 Å². The topological polar surface area (TPSA) is 42.7 Å². The highest BCUT2D eigenvalue weighted by Gasteiger charge is 2.47. The summed E-state index contributed by atoms with van der Waals surface area (Å²) in [5.41, 5.74) is 0.497. The van der Waals surface area contributed by atoms with Gasteiger partial charge in [0, 0.05) is 6.54 Å². The van der Waals surface area contributed by atoms with E-state index in [9.17, 15) is 0 Å². The van der Waals surface area contributed by atoms with Crippen LogP contribution in [0.2, 0.25) is 0 Å². The van der Waals surface area contributed by atoms with Crippen molar-refractivity contribution in [3.8, 4) is 0 Å². The second kappa shape index (κ2) is 2.49. The fraction of sp³-hybridized carbons (Fsp3) is 0.800. The predicted octanol–water partition coefficient (Wildman–Crippen LogP) is 1.74. The van der Waals surface area contributed by atoms with Crippen LogP contribution in [0, 0.1) is 12.3 Å². The van der Waals surface area contributed by atoms with E-state index in [0.717, 1.165) is 18.3 Å². The van der Waals surface area contributed by atoms with Crippen molar-refractivity contribution in [3.05, 3.63) is 5.82 Å². The van der Waals surface area contributed by atoms with E-state index in [1.54, 1.807) is 0 Å². The van der Waals surface area contributed by atoms with E-state index < -0.39 is 0 Å². The van der Waals surface area contributed by atoms with Gasteiger partial charge in [0.1, 0.15) is 5.82 Å². The lowest BCUT2D eigenvalue weighted by molar-refractivity contribution is 0.283. The molecule has 3 rings (SSSR count). The summed E-state index contributed by atoms with van der Waals surface area (Å²) < 4.78 is 2.10. The number of hydrogen-bond acceptors (Lipinski definition) is 3. The van der Waals surface area contributed by atoms with E-state index in [1.807, 2.05) is 6.92 Å². The largest absolute Gasteiger partial charge is 0.354 e. The fourth-order valence-corrected chi connectivity index (χ4v) is 2.39. The molecule has 0 amide bonds. The SMILES string of the molecule is Cc1nc2n(n1)C(C1(C)CC1)CCN2. The van der Waals surface area contributed by atoms with Gasteiger partial charge in [-0.3, -0.25) is 0 Å². The lowest BCUT2D eigenvalue weighted by Crippen LogP contribution is -2.29. The van der Waals surface area contributed by atoms with Crippen LogP contribution in [0.4, 0.5) is 5.95 Å². The number of nitrogens with zero attached hydrogens (tertiary/aromatic N) is 3. The summed E-state index contributed by atoms with van der Waals surface area (Å²) in [6, 6.07) is 0.569. The van der Waals surface area contributed by atoms with E-state index in [2.05, 4.69) is 27.0 Å². The third kappa shape index (κ3) is 1.06. The number of nitrogens with one attached hydrogen (secondary N) is 1. The number of aromatic nitrogens is 3. The first-order chi connectivity index (χ1) is 6.69. The lowest BCUT2D eigenvalue weighted by atomic mass is 9.95. The molecule has 1 atom stereocenters. The van der Waals surface area contributed by atoms with Crippen LogP contribution in [-0.2, 0) is 0 Å². The number of hydrogen-bond donors (Lipinski definition) is 1. The van der Waals surface area contributed by atoms with Crippen LogP contribution < -0.4 is 5.32 Å². The Hall–Kier alpha value is -1.06. The van der Waals surface area contributed by atoms with Crippen LogP contribution in [0.3, 0.4) is 0 Å². The minimum atomic E-state index is 0.497. The molecule has 1 aromatic rings. The standard InChI is InChI=1S/C10H16N4/c1-7-12-9-11-6-3-8(14(9)13-7)10(2)4-5-10/h8H,3-6H2,1-2H3,(H,11,12,13). The molecule has 1 aliphatic heterocycles. The van der Waals surface area contributed by atoms with Crippen LogP contribution in [-0.4, -0.2) is 21.3 Å². The average Bonchev–Trinajstić information content (AvgIpc) is 2.78. The van der Waals surface area contributed by atoms with Crippen molar-refractivity contribution in [1.82, 2.24) is 14.8 Å². The van der Waals surface area contributed by atoms with Crippen LogP contribution in [0.15, 0.2) is 0 Å². The van der Waals surface area contributed by atoms with Gasteiger partial charge in [-0.25, -0.2) is 4.68 Å². The Kier molecular flexibility index (Phi) is 1.47. The molecule has 1 saturated carbocycles. The summed E-state index contributed by atoms with van der Waals surface area (Å²) >= 11 is 0. The maximum atomic E-state index is 4.48. The minimum Gasteiger partial charge on any atom is -0.354 e. The highest BCUT2D eigenvalue weighted by Crippen LogP contribution is 2.55.